The van der Waals surface area contributed by atoms with Crippen molar-refractivity contribution >= 4 is 6.47 Å². The van der Waals surface area contributed by atoms with Crippen LogP contribution in [0.15, 0.2) is 13.6 Å². The molecule has 0 N–H and O–H groups in total. The highest BCUT2D eigenvalue weighted by Gasteiger charge is 2.07. The molecular weight excluding hydrogens is 176 g/mol. The van der Waals surface area contributed by atoms with Crippen molar-refractivity contribution in [2.75, 3.05) is 0 Å². The molecule has 0 amide bonds. The maximum absolute atomic E-state index is 10.4. The van der Waals surface area contributed by atoms with Crippen LogP contribution in [0, 0.1) is 6.92 Å². The monoisotopic (exact) mass is 188 g/mol. The Kier molecular flexibility index (Phi) is 5.34. The molecule has 1 aromatic rings. The summed E-state index contributed by atoms with van der Waals surface area (Å²) < 4.78 is 13.3. The van der Waals surface area contributed by atoms with E-state index in [2.05, 4.69) is 13.6 Å². The summed E-state index contributed by atoms with van der Waals surface area (Å²) >= 11 is 0. The van der Waals surface area contributed by atoms with Gasteiger partial charge < -0.3 is 13.6 Å². The molecule has 1 aromatic heterocycles. The fourth-order valence-corrected chi connectivity index (χ4v) is 0.616. The maximum atomic E-state index is 10.4. The Hall–Kier alpha value is -1.52. The molecule has 5 heteroatoms. The first-order chi connectivity index (χ1) is 6.24. The Morgan fingerprint density at radius 1 is 1.38 bits per heavy atom. The molecule has 0 aromatic carbocycles. The van der Waals surface area contributed by atoms with E-state index in [1.54, 1.807) is 6.92 Å². The molecule has 0 unspecified atom stereocenters. The third-order valence-corrected chi connectivity index (χ3v) is 1.12. The number of carbonyl (C=O) groups excluding carboxylic acids is 1. The van der Waals surface area contributed by atoms with Crippen molar-refractivity contribution in [1.29, 1.82) is 0 Å². The molecular formula is C8H12O5. The molecule has 1 rings (SSSR count). The number of aryl methyl sites for hydroxylation is 1. The lowest BCUT2D eigenvalue weighted by molar-refractivity contribution is -0.130. The Bertz CT molecular complexity index is 296. The minimum atomic E-state index is -0.785. The molecule has 13 heavy (non-hydrogen) atoms. The molecule has 0 aliphatic rings. The number of hydrogen-bond acceptors (Lipinski definition) is 5. The van der Waals surface area contributed by atoms with Gasteiger partial charge in [-0.3, -0.25) is 4.79 Å². The maximum Gasteiger partial charge on any atom is 0.519 e. The predicted octanol–water partition coefficient (Wildman–Crippen LogP) is 1.24. The van der Waals surface area contributed by atoms with Crippen LogP contribution in [0.1, 0.15) is 25.4 Å². The summed E-state index contributed by atoms with van der Waals surface area (Å²) in [5, 5.41) is 0. The topological polar surface area (TPSA) is 69.7 Å². The highest BCUT2D eigenvalue weighted by Crippen LogP contribution is 2.04. The van der Waals surface area contributed by atoms with E-state index in [0.717, 1.165) is 0 Å². The van der Waals surface area contributed by atoms with E-state index in [-0.39, 0.29) is 18.8 Å². The van der Waals surface area contributed by atoms with Crippen molar-refractivity contribution < 1.29 is 18.4 Å². The van der Waals surface area contributed by atoms with Crippen LogP contribution in [0.3, 0.4) is 0 Å². The number of rotatable bonds is 3. The lowest BCUT2D eigenvalue weighted by atomic mass is 10.4. The van der Waals surface area contributed by atoms with Crippen molar-refractivity contribution in [2.24, 2.45) is 0 Å². The fourth-order valence-electron chi connectivity index (χ4n) is 0.616. The van der Waals surface area contributed by atoms with Crippen LogP contribution in [0.4, 0.5) is 0 Å². The summed E-state index contributed by atoms with van der Waals surface area (Å²) in [6.07, 6.45) is 0. The van der Waals surface area contributed by atoms with Crippen molar-refractivity contribution in [3.05, 3.63) is 22.1 Å². The Balaban J connectivity index is 0.000000671. The Labute approximate surface area is 75.3 Å². The van der Waals surface area contributed by atoms with E-state index in [1.165, 1.54) is 0 Å². The summed E-state index contributed by atoms with van der Waals surface area (Å²) in [6.45, 7) is 5.75. The number of hydrogen-bond donors (Lipinski definition) is 0. The molecule has 0 aliphatic carbocycles. The SMILES string of the molecule is CC.Cc1oc(=O)oc1COC=O. The third kappa shape index (κ3) is 3.59. The molecule has 0 fully saturated rings. The second kappa shape index (κ2) is 6.05. The quantitative estimate of drug-likeness (QED) is 0.667. The molecule has 0 bridgehead atoms. The van der Waals surface area contributed by atoms with E-state index >= 15 is 0 Å². The third-order valence-electron chi connectivity index (χ3n) is 1.12. The highest BCUT2D eigenvalue weighted by atomic mass is 16.6. The minimum absolute atomic E-state index is 0.0684. The molecule has 0 spiro atoms. The van der Waals surface area contributed by atoms with Crippen molar-refractivity contribution in [1.82, 2.24) is 0 Å². The summed E-state index contributed by atoms with van der Waals surface area (Å²) in [6, 6.07) is 0. The van der Waals surface area contributed by atoms with Gasteiger partial charge in [0.15, 0.2) is 18.1 Å². The van der Waals surface area contributed by atoms with Crippen LogP contribution in [-0.2, 0) is 16.1 Å². The molecule has 0 atom stereocenters. The van der Waals surface area contributed by atoms with Crippen LogP contribution in [0.2, 0.25) is 0 Å². The summed E-state index contributed by atoms with van der Waals surface area (Å²) in [5.41, 5.74) is 0. The van der Waals surface area contributed by atoms with Crippen molar-refractivity contribution in [3.8, 4) is 0 Å². The molecule has 0 radical (unpaired) electrons. The average Bonchev–Trinajstić information content (AvgIpc) is 2.45. The molecule has 0 saturated heterocycles. The van der Waals surface area contributed by atoms with Gasteiger partial charge >= 0.3 is 5.82 Å². The molecule has 74 valence electrons. The molecule has 0 aliphatic heterocycles. The van der Waals surface area contributed by atoms with Crippen LogP contribution < -0.4 is 5.82 Å². The summed E-state index contributed by atoms with van der Waals surface area (Å²) in [5.74, 6) is -0.217. The van der Waals surface area contributed by atoms with E-state index < -0.39 is 5.82 Å². The van der Waals surface area contributed by atoms with Gasteiger partial charge in [-0.15, -0.1) is 0 Å². The number of ether oxygens (including phenoxy) is 1. The summed E-state index contributed by atoms with van der Waals surface area (Å²) in [4.78, 5) is 20.1. The van der Waals surface area contributed by atoms with Crippen LogP contribution >= 0.6 is 0 Å². The first-order valence-corrected chi connectivity index (χ1v) is 3.88. The molecule has 1 heterocycles. The van der Waals surface area contributed by atoms with Gasteiger partial charge in [0, 0.05) is 0 Å². The smallest absolute Gasteiger partial charge is 0.460 e. The van der Waals surface area contributed by atoms with Gasteiger partial charge in [-0.25, -0.2) is 4.79 Å². The second-order valence-corrected chi connectivity index (χ2v) is 1.84. The number of carbonyl (C=O) groups is 1. The Morgan fingerprint density at radius 3 is 2.38 bits per heavy atom. The normalized spacial score (nSPS) is 8.54. The standard InChI is InChI=1S/C6H6O5.C2H6/c1-4-5(2-9-3-7)11-6(8)10-4;1-2/h3H,2H2,1H3;1-2H3. The average molecular weight is 188 g/mol. The largest absolute Gasteiger partial charge is 0.519 e. The van der Waals surface area contributed by atoms with Crippen molar-refractivity contribution in [3.63, 3.8) is 0 Å². The first kappa shape index (κ1) is 11.5. The van der Waals surface area contributed by atoms with Gasteiger partial charge in [0.2, 0.25) is 0 Å². The van der Waals surface area contributed by atoms with Gasteiger partial charge in [-0.1, -0.05) is 13.8 Å². The van der Waals surface area contributed by atoms with Gasteiger partial charge in [-0.2, -0.15) is 0 Å². The zero-order valence-electron chi connectivity index (χ0n) is 7.83. The molecule has 0 saturated carbocycles. The van der Waals surface area contributed by atoms with Gasteiger partial charge in [0.25, 0.3) is 6.47 Å². The highest BCUT2D eigenvalue weighted by molar-refractivity contribution is 5.37. The van der Waals surface area contributed by atoms with Gasteiger partial charge in [0.05, 0.1) is 0 Å². The minimum Gasteiger partial charge on any atom is -0.460 e. The van der Waals surface area contributed by atoms with E-state index in [4.69, 9.17) is 0 Å². The van der Waals surface area contributed by atoms with Crippen molar-refractivity contribution in [2.45, 2.75) is 27.4 Å². The molecule has 5 nitrogen and oxygen atoms in total. The van der Waals surface area contributed by atoms with Gasteiger partial charge in [0.1, 0.15) is 0 Å². The summed E-state index contributed by atoms with van der Waals surface area (Å²) in [7, 11) is 0. The van der Waals surface area contributed by atoms with Crippen LogP contribution in [0.25, 0.3) is 0 Å². The van der Waals surface area contributed by atoms with E-state index in [9.17, 15) is 9.59 Å². The van der Waals surface area contributed by atoms with E-state index in [1.807, 2.05) is 13.8 Å². The zero-order chi connectivity index (χ0) is 10.3. The second-order valence-electron chi connectivity index (χ2n) is 1.84. The first-order valence-electron chi connectivity index (χ1n) is 3.88. The lowest BCUT2D eigenvalue weighted by Gasteiger charge is -1.91. The van der Waals surface area contributed by atoms with Gasteiger partial charge in [-0.05, 0) is 6.92 Å². The zero-order valence-corrected chi connectivity index (χ0v) is 7.83. The van der Waals surface area contributed by atoms with Crippen LogP contribution in [-0.4, -0.2) is 6.47 Å². The van der Waals surface area contributed by atoms with E-state index in [0.29, 0.717) is 5.76 Å². The fraction of sp³-hybridized carbons (Fsp3) is 0.500. The Morgan fingerprint density at radius 2 is 2.00 bits per heavy atom. The van der Waals surface area contributed by atoms with Crippen LogP contribution in [0.5, 0.6) is 0 Å². The predicted molar refractivity (Wildman–Crippen MR) is 44.2 cm³/mol. The lowest BCUT2D eigenvalue weighted by Crippen LogP contribution is -1.90.